The van der Waals surface area contributed by atoms with Crippen LogP contribution >= 0.6 is 0 Å². The Hall–Kier alpha value is -0.570. The smallest absolute Gasteiger partial charge is 0.306 e. The standard InChI is InChI=1S/C7H12O3/c1-4-2-5(7(9)10)3-6(4)8/h4-6,8H,2-3H2,1H3,(H,9,10)/t4?,5-,6?/m0/s1. The van der Waals surface area contributed by atoms with E-state index in [0.717, 1.165) is 0 Å². The van der Waals surface area contributed by atoms with Crippen LogP contribution in [0.2, 0.25) is 0 Å². The minimum Gasteiger partial charge on any atom is -0.481 e. The zero-order valence-electron chi connectivity index (χ0n) is 5.95. The van der Waals surface area contributed by atoms with E-state index >= 15 is 0 Å². The average molecular weight is 144 g/mol. The first-order valence-electron chi connectivity index (χ1n) is 3.52. The third kappa shape index (κ3) is 1.29. The Bertz CT molecular complexity index is 134. The molecule has 0 saturated heterocycles. The number of aliphatic carboxylic acids is 1. The molecular formula is C7H12O3. The Morgan fingerprint density at radius 1 is 1.50 bits per heavy atom. The van der Waals surface area contributed by atoms with Gasteiger partial charge in [0.15, 0.2) is 0 Å². The zero-order valence-corrected chi connectivity index (χ0v) is 5.95. The maximum atomic E-state index is 10.4. The van der Waals surface area contributed by atoms with Crippen molar-refractivity contribution in [2.24, 2.45) is 11.8 Å². The summed E-state index contributed by atoms with van der Waals surface area (Å²) in [7, 11) is 0. The summed E-state index contributed by atoms with van der Waals surface area (Å²) in [6, 6.07) is 0. The minimum absolute atomic E-state index is 0.154. The lowest BCUT2D eigenvalue weighted by atomic mass is 10.1. The molecule has 0 aliphatic heterocycles. The van der Waals surface area contributed by atoms with Crippen LogP contribution in [0.25, 0.3) is 0 Å². The second-order valence-electron chi connectivity index (χ2n) is 3.05. The quantitative estimate of drug-likeness (QED) is 0.562. The monoisotopic (exact) mass is 144 g/mol. The van der Waals surface area contributed by atoms with Crippen molar-refractivity contribution < 1.29 is 15.0 Å². The summed E-state index contributed by atoms with van der Waals surface area (Å²) in [6.07, 6.45) is 0.647. The highest BCUT2D eigenvalue weighted by Gasteiger charge is 2.33. The lowest BCUT2D eigenvalue weighted by molar-refractivity contribution is -0.141. The molecule has 3 atom stereocenters. The molecule has 0 amide bonds. The molecule has 0 aromatic heterocycles. The molecule has 0 radical (unpaired) electrons. The second kappa shape index (κ2) is 2.58. The van der Waals surface area contributed by atoms with Crippen molar-refractivity contribution in [3.8, 4) is 0 Å². The maximum Gasteiger partial charge on any atom is 0.306 e. The van der Waals surface area contributed by atoms with Crippen LogP contribution < -0.4 is 0 Å². The van der Waals surface area contributed by atoms with E-state index in [1.807, 2.05) is 6.92 Å². The van der Waals surface area contributed by atoms with Crippen molar-refractivity contribution in [3.05, 3.63) is 0 Å². The molecule has 0 aromatic carbocycles. The van der Waals surface area contributed by atoms with Crippen LogP contribution in [0.3, 0.4) is 0 Å². The summed E-state index contributed by atoms with van der Waals surface area (Å²) in [5, 5.41) is 17.7. The van der Waals surface area contributed by atoms with Crippen LogP contribution in [0.5, 0.6) is 0 Å². The predicted octanol–water partition coefficient (Wildman–Crippen LogP) is 0.478. The number of hydrogen-bond acceptors (Lipinski definition) is 2. The number of rotatable bonds is 1. The number of aliphatic hydroxyl groups excluding tert-OH is 1. The van der Waals surface area contributed by atoms with Gasteiger partial charge in [-0.05, 0) is 18.8 Å². The third-order valence-corrected chi connectivity index (χ3v) is 2.19. The van der Waals surface area contributed by atoms with E-state index in [-0.39, 0.29) is 11.8 Å². The number of carboxylic acids is 1. The van der Waals surface area contributed by atoms with Crippen molar-refractivity contribution in [2.45, 2.75) is 25.9 Å². The van der Waals surface area contributed by atoms with Gasteiger partial charge in [0.25, 0.3) is 0 Å². The van der Waals surface area contributed by atoms with E-state index in [0.29, 0.717) is 12.8 Å². The van der Waals surface area contributed by atoms with Gasteiger partial charge in [-0.25, -0.2) is 0 Å². The van der Waals surface area contributed by atoms with Crippen molar-refractivity contribution in [1.29, 1.82) is 0 Å². The van der Waals surface area contributed by atoms with Gasteiger partial charge in [0.1, 0.15) is 0 Å². The molecule has 0 aromatic rings. The molecule has 1 saturated carbocycles. The molecular weight excluding hydrogens is 132 g/mol. The Kier molecular flexibility index (Phi) is 1.94. The SMILES string of the molecule is CC1C[C@H](C(=O)O)CC1O. The Labute approximate surface area is 59.7 Å². The van der Waals surface area contributed by atoms with Gasteiger partial charge in [-0.2, -0.15) is 0 Å². The molecule has 0 bridgehead atoms. The maximum absolute atomic E-state index is 10.4. The minimum atomic E-state index is -0.775. The summed E-state index contributed by atoms with van der Waals surface area (Å²) in [4.78, 5) is 10.4. The van der Waals surface area contributed by atoms with Gasteiger partial charge in [-0.3, -0.25) is 4.79 Å². The van der Waals surface area contributed by atoms with Gasteiger partial charge in [0.2, 0.25) is 0 Å². The molecule has 10 heavy (non-hydrogen) atoms. The van der Waals surface area contributed by atoms with Crippen molar-refractivity contribution >= 4 is 5.97 Å². The molecule has 0 spiro atoms. The highest BCUT2D eigenvalue weighted by Crippen LogP contribution is 2.30. The zero-order chi connectivity index (χ0) is 7.72. The topological polar surface area (TPSA) is 57.5 Å². The van der Waals surface area contributed by atoms with E-state index in [1.165, 1.54) is 0 Å². The molecule has 0 heterocycles. The van der Waals surface area contributed by atoms with Gasteiger partial charge in [0.05, 0.1) is 12.0 Å². The van der Waals surface area contributed by atoms with E-state index in [9.17, 15) is 4.79 Å². The summed E-state index contributed by atoms with van der Waals surface area (Å²) >= 11 is 0. The van der Waals surface area contributed by atoms with Crippen LogP contribution in [-0.4, -0.2) is 22.3 Å². The molecule has 1 aliphatic rings. The molecule has 2 N–H and O–H groups in total. The van der Waals surface area contributed by atoms with Crippen LogP contribution in [0.4, 0.5) is 0 Å². The molecule has 2 unspecified atom stereocenters. The highest BCUT2D eigenvalue weighted by atomic mass is 16.4. The Balaban J connectivity index is 2.49. The van der Waals surface area contributed by atoms with Gasteiger partial charge in [-0.1, -0.05) is 6.92 Å². The van der Waals surface area contributed by atoms with Crippen molar-refractivity contribution in [2.75, 3.05) is 0 Å². The molecule has 3 nitrogen and oxygen atoms in total. The summed E-state index contributed by atoms with van der Waals surface area (Å²) in [5.74, 6) is -0.936. The van der Waals surface area contributed by atoms with Crippen LogP contribution in [0.15, 0.2) is 0 Å². The Morgan fingerprint density at radius 2 is 2.10 bits per heavy atom. The average Bonchev–Trinajstić information content (AvgIpc) is 2.13. The van der Waals surface area contributed by atoms with Crippen LogP contribution in [0.1, 0.15) is 19.8 Å². The molecule has 1 aliphatic carbocycles. The first-order valence-corrected chi connectivity index (χ1v) is 3.52. The summed E-state index contributed by atoms with van der Waals surface area (Å²) in [5.41, 5.74) is 0. The lowest BCUT2D eigenvalue weighted by Gasteiger charge is -2.03. The Morgan fingerprint density at radius 3 is 2.30 bits per heavy atom. The third-order valence-electron chi connectivity index (χ3n) is 2.19. The van der Waals surface area contributed by atoms with Crippen LogP contribution in [0, 0.1) is 11.8 Å². The van der Waals surface area contributed by atoms with Crippen molar-refractivity contribution in [3.63, 3.8) is 0 Å². The summed E-state index contributed by atoms with van der Waals surface area (Å²) < 4.78 is 0. The number of carboxylic acid groups (broad SMARTS) is 1. The van der Waals surface area contributed by atoms with Crippen LogP contribution in [-0.2, 0) is 4.79 Å². The number of carbonyl (C=O) groups is 1. The van der Waals surface area contributed by atoms with E-state index < -0.39 is 12.1 Å². The summed E-state index contributed by atoms with van der Waals surface area (Å²) in [6.45, 7) is 1.88. The van der Waals surface area contributed by atoms with Gasteiger partial charge >= 0.3 is 5.97 Å². The largest absolute Gasteiger partial charge is 0.481 e. The predicted molar refractivity (Wildman–Crippen MR) is 35.5 cm³/mol. The van der Waals surface area contributed by atoms with E-state index in [1.54, 1.807) is 0 Å². The van der Waals surface area contributed by atoms with Gasteiger partial charge in [0, 0.05) is 0 Å². The van der Waals surface area contributed by atoms with E-state index in [4.69, 9.17) is 10.2 Å². The number of aliphatic hydroxyl groups is 1. The highest BCUT2D eigenvalue weighted by molar-refractivity contribution is 5.70. The van der Waals surface area contributed by atoms with Crippen molar-refractivity contribution in [1.82, 2.24) is 0 Å². The molecule has 3 heteroatoms. The molecule has 58 valence electrons. The molecule has 1 fully saturated rings. The first kappa shape index (κ1) is 7.54. The van der Waals surface area contributed by atoms with Gasteiger partial charge < -0.3 is 10.2 Å². The first-order chi connectivity index (χ1) is 4.61. The fourth-order valence-electron chi connectivity index (χ4n) is 1.43. The fourth-order valence-corrected chi connectivity index (χ4v) is 1.43. The molecule has 1 rings (SSSR count). The van der Waals surface area contributed by atoms with E-state index in [2.05, 4.69) is 0 Å². The fraction of sp³-hybridized carbons (Fsp3) is 0.857. The normalized spacial score (nSPS) is 40.0. The second-order valence-corrected chi connectivity index (χ2v) is 3.05. The van der Waals surface area contributed by atoms with Gasteiger partial charge in [-0.15, -0.1) is 0 Å². The lowest BCUT2D eigenvalue weighted by Crippen LogP contribution is -2.10. The number of hydrogen-bond donors (Lipinski definition) is 2.